The van der Waals surface area contributed by atoms with Crippen molar-refractivity contribution in [1.82, 2.24) is 16.0 Å². The Kier molecular flexibility index (Phi) is 11.2. The molecule has 0 saturated carbocycles. The van der Waals surface area contributed by atoms with Crippen LogP contribution in [0.3, 0.4) is 0 Å². The highest BCUT2D eigenvalue weighted by molar-refractivity contribution is 5.94. The van der Waals surface area contributed by atoms with Gasteiger partial charge in [-0.15, -0.1) is 0 Å². The van der Waals surface area contributed by atoms with Crippen LogP contribution in [0.5, 0.6) is 5.75 Å². The molecule has 2 aromatic carbocycles. The van der Waals surface area contributed by atoms with Crippen molar-refractivity contribution in [1.29, 1.82) is 0 Å². The number of carboxylic acids is 1. The minimum atomic E-state index is -1.33. The largest absolute Gasteiger partial charge is 0.508 e. The third kappa shape index (κ3) is 9.90. The number of carbonyl (C=O) groups is 5. The van der Waals surface area contributed by atoms with Crippen molar-refractivity contribution in [3.8, 4) is 5.75 Å². The fourth-order valence-corrected chi connectivity index (χ4v) is 3.53. The summed E-state index contributed by atoms with van der Waals surface area (Å²) in [7, 11) is 0. The fraction of sp³-hybridized carbons (Fsp3) is 0.346. The normalized spacial score (nSPS) is 13.8. The zero-order valence-corrected chi connectivity index (χ0v) is 20.9. The first kappa shape index (κ1) is 29.8. The molecule has 0 heterocycles. The first-order chi connectivity index (χ1) is 18.0. The highest BCUT2D eigenvalue weighted by atomic mass is 16.4. The Labute approximate surface area is 219 Å². The second-order valence-corrected chi connectivity index (χ2v) is 8.88. The topological polar surface area (TPSA) is 214 Å². The highest BCUT2D eigenvalue weighted by Crippen LogP contribution is 2.12. The van der Waals surface area contributed by atoms with Crippen molar-refractivity contribution >= 4 is 29.6 Å². The van der Waals surface area contributed by atoms with Gasteiger partial charge in [-0.25, -0.2) is 4.79 Å². The number of amides is 4. The molecule has 0 aromatic heterocycles. The molecule has 4 unspecified atom stereocenters. The summed E-state index contributed by atoms with van der Waals surface area (Å²) in [5, 5.41) is 26.6. The first-order valence-corrected chi connectivity index (χ1v) is 12.0. The van der Waals surface area contributed by atoms with E-state index < -0.39 is 53.8 Å². The second kappa shape index (κ2) is 14.3. The van der Waals surface area contributed by atoms with Crippen LogP contribution < -0.4 is 27.4 Å². The lowest BCUT2D eigenvalue weighted by Crippen LogP contribution is -2.57. The standard InChI is InChI=1S/C26H33N5O7/c1-15(27)23(34)29-19(11-12-22(28)33)24(35)30-20(13-16-5-3-2-4-6-16)25(36)31-21(26(37)38)14-17-7-9-18(32)10-8-17/h2-10,15,19-21,32H,11-14,27H2,1H3,(H2,28,33)(H,29,34)(H,30,35)(H,31,36)(H,37,38). The molecule has 0 bridgehead atoms. The molecule has 2 rings (SSSR count). The van der Waals surface area contributed by atoms with Crippen LogP contribution >= 0.6 is 0 Å². The van der Waals surface area contributed by atoms with E-state index in [9.17, 15) is 34.2 Å². The van der Waals surface area contributed by atoms with Crippen molar-refractivity contribution in [2.75, 3.05) is 0 Å². The smallest absolute Gasteiger partial charge is 0.326 e. The predicted molar refractivity (Wildman–Crippen MR) is 137 cm³/mol. The van der Waals surface area contributed by atoms with Crippen LogP contribution in [0.2, 0.25) is 0 Å². The summed E-state index contributed by atoms with van der Waals surface area (Å²) in [4.78, 5) is 61.7. The van der Waals surface area contributed by atoms with Gasteiger partial charge in [0, 0.05) is 19.3 Å². The SMILES string of the molecule is CC(N)C(=O)NC(CCC(N)=O)C(=O)NC(Cc1ccccc1)C(=O)NC(Cc1ccc(O)cc1)C(=O)O. The average molecular weight is 528 g/mol. The molecule has 0 radical (unpaired) electrons. The van der Waals surface area contributed by atoms with Gasteiger partial charge in [0.1, 0.15) is 23.9 Å². The highest BCUT2D eigenvalue weighted by Gasteiger charge is 2.30. The van der Waals surface area contributed by atoms with E-state index in [0.717, 1.165) is 0 Å². The third-order valence-electron chi connectivity index (χ3n) is 5.63. The van der Waals surface area contributed by atoms with Crippen LogP contribution in [0, 0.1) is 0 Å². The molecule has 0 saturated heterocycles. The Morgan fingerprint density at radius 3 is 1.82 bits per heavy atom. The van der Waals surface area contributed by atoms with Gasteiger partial charge in [-0.2, -0.15) is 0 Å². The monoisotopic (exact) mass is 527 g/mol. The van der Waals surface area contributed by atoms with E-state index in [2.05, 4.69) is 16.0 Å². The number of phenolic OH excluding ortho intramolecular Hbond substituents is 1. The zero-order valence-electron chi connectivity index (χ0n) is 20.9. The summed E-state index contributed by atoms with van der Waals surface area (Å²) in [5.74, 6) is -4.13. The molecular weight excluding hydrogens is 494 g/mol. The molecule has 0 spiro atoms. The second-order valence-electron chi connectivity index (χ2n) is 8.88. The summed E-state index contributed by atoms with van der Waals surface area (Å²) in [6, 6.07) is 9.92. The molecule has 0 aliphatic heterocycles. The van der Waals surface area contributed by atoms with Crippen LogP contribution in [0.4, 0.5) is 0 Å². The van der Waals surface area contributed by atoms with E-state index in [1.165, 1.54) is 31.2 Å². The number of aromatic hydroxyl groups is 1. The van der Waals surface area contributed by atoms with Crippen LogP contribution in [-0.4, -0.2) is 64.0 Å². The van der Waals surface area contributed by atoms with Gasteiger partial charge in [0.2, 0.25) is 23.6 Å². The Bertz CT molecular complexity index is 1120. The van der Waals surface area contributed by atoms with Gasteiger partial charge in [-0.05, 0) is 36.6 Å². The number of hydrogen-bond acceptors (Lipinski definition) is 7. The molecule has 0 aliphatic rings. The van der Waals surface area contributed by atoms with Crippen molar-refractivity contribution in [2.45, 2.75) is 56.8 Å². The first-order valence-electron chi connectivity index (χ1n) is 12.0. The van der Waals surface area contributed by atoms with Gasteiger partial charge in [0.05, 0.1) is 6.04 Å². The van der Waals surface area contributed by atoms with E-state index in [1.807, 2.05) is 0 Å². The number of nitrogens with one attached hydrogen (secondary N) is 3. The average Bonchev–Trinajstić information content (AvgIpc) is 2.87. The maximum Gasteiger partial charge on any atom is 0.326 e. The summed E-state index contributed by atoms with van der Waals surface area (Å²) in [5.41, 5.74) is 12.0. The number of rotatable bonds is 14. The van der Waals surface area contributed by atoms with Gasteiger partial charge in [-0.1, -0.05) is 42.5 Å². The summed E-state index contributed by atoms with van der Waals surface area (Å²) >= 11 is 0. The number of carboxylic acid groups (broad SMARTS) is 1. The van der Waals surface area contributed by atoms with Crippen molar-refractivity contribution in [3.05, 3.63) is 65.7 Å². The lowest BCUT2D eigenvalue weighted by molar-refractivity contribution is -0.142. The molecule has 4 atom stereocenters. The number of primary amides is 1. The Morgan fingerprint density at radius 1 is 0.763 bits per heavy atom. The summed E-state index contributed by atoms with van der Waals surface area (Å²) in [6.07, 6.45) is -0.384. The number of benzene rings is 2. The minimum absolute atomic E-state index is 0.0114. The zero-order chi connectivity index (χ0) is 28.2. The molecule has 38 heavy (non-hydrogen) atoms. The molecule has 9 N–H and O–H groups in total. The van der Waals surface area contributed by atoms with E-state index in [4.69, 9.17) is 11.5 Å². The quantitative estimate of drug-likeness (QED) is 0.167. The van der Waals surface area contributed by atoms with Crippen molar-refractivity contribution in [3.63, 3.8) is 0 Å². The number of phenols is 1. The molecule has 12 heteroatoms. The number of aliphatic carboxylic acids is 1. The van der Waals surface area contributed by atoms with Crippen LogP contribution in [0.15, 0.2) is 54.6 Å². The lowest BCUT2D eigenvalue weighted by Gasteiger charge is -2.25. The Hall–Kier alpha value is -4.45. The van der Waals surface area contributed by atoms with Gasteiger partial charge >= 0.3 is 5.97 Å². The molecule has 4 amide bonds. The summed E-state index contributed by atoms with van der Waals surface area (Å²) < 4.78 is 0. The number of carbonyl (C=O) groups excluding carboxylic acids is 4. The molecule has 2 aromatic rings. The molecule has 12 nitrogen and oxygen atoms in total. The van der Waals surface area contributed by atoms with Gasteiger partial charge in [0.25, 0.3) is 0 Å². The molecule has 0 aliphatic carbocycles. The molecular formula is C26H33N5O7. The van der Waals surface area contributed by atoms with Crippen LogP contribution in [0.25, 0.3) is 0 Å². The van der Waals surface area contributed by atoms with Crippen molar-refractivity contribution in [2.24, 2.45) is 11.5 Å². The number of hydrogen-bond donors (Lipinski definition) is 7. The molecule has 0 fully saturated rings. The van der Waals surface area contributed by atoms with E-state index >= 15 is 0 Å². The number of nitrogens with two attached hydrogens (primary N) is 2. The molecule has 204 valence electrons. The third-order valence-corrected chi connectivity index (χ3v) is 5.63. The lowest BCUT2D eigenvalue weighted by atomic mass is 10.0. The predicted octanol–water partition coefficient (Wildman–Crippen LogP) is -0.671. The maximum atomic E-state index is 13.3. The van der Waals surface area contributed by atoms with E-state index in [0.29, 0.717) is 11.1 Å². The van der Waals surface area contributed by atoms with E-state index in [1.54, 1.807) is 30.3 Å². The van der Waals surface area contributed by atoms with Gasteiger partial charge in [-0.3, -0.25) is 19.2 Å². The Morgan fingerprint density at radius 2 is 1.26 bits per heavy atom. The van der Waals surface area contributed by atoms with Gasteiger partial charge < -0.3 is 37.6 Å². The Balaban J connectivity index is 2.25. The minimum Gasteiger partial charge on any atom is -0.508 e. The van der Waals surface area contributed by atoms with Crippen LogP contribution in [-0.2, 0) is 36.8 Å². The maximum absolute atomic E-state index is 13.3. The van der Waals surface area contributed by atoms with Crippen molar-refractivity contribution < 1.29 is 34.2 Å². The van der Waals surface area contributed by atoms with E-state index in [-0.39, 0.29) is 31.4 Å². The fourth-order valence-electron chi connectivity index (χ4n) is 3.53. The van der Waals surface area contributed by atoms with Gasteiger partial charge in [0.15, 0.2) is 0 Å². The summed E-state index contributed by atoms with van der Waals surface area (Å²) in [6.45, 7) is 1.42. The van der Waals surface area contributed by atoms with Crippen LogP contribution in [0.1, 0.15) is 30.9 Å².